The van der Waals surface area contributed by atoms with E-state index >= 15 is 0 Å². The summed E-state index contributed by atoms with van der Waals surface area (Å²) in [5.74, 6) is -0.343. The Balaban J connectivity index is 1.75. The number of rotatable bonds is 3. The molecule has 3 fully saturated rings. The van der Waals surface area contributed by atoms with E-state index in [0.717, 1.165) is 45.3 Å². The summed E-state index contributed by atoms with van der Waals surface area (Å²) in [5, 5.41) is 0. The molecule has 3 saturated heterocycles. The van der Waals surface area contributed by atoms with Gasteiger partial charge in [0.15, 0.2) is 0 Å². The van der Waals surface area contributed by atoms with E-state index < -0.39 is 6.04 Å². The SMILES string of the molecule is CC(C)N1CCC(N2C(=O)N3CCC[C@@H]3C2C(N)=O)CC1. The Morgan fingerprint density at radius 1 is 1.19 bits per heavy atom. The van der Waals surface area contributed by atoms with E-state index in [1.807, 2.05) is 9.80 Å². The molecule has 3 heterocycles. The number of fused-ring (bicyclic) bond motifs is 1. The van der Waals surface area contributed by atoms with Crippen molar-refractivity contribution < 1.29 is 9.59 Å². The van der Waals surface area contributed by atoms with Gasteiger partial charge in [-0.15, -0.1) is 0 Å². The minimum Gasteiger partial charge on any atom is -0.368 e. The van der Waals surface area contributed by atoms with Crippen molar-refractivity contribution in [3.05, 3.63) is 0 Å². The summed E-state index contributed by atoms with van der Waals surface area (Å²) in [7, 11) is 0. The zero-order valence-corrected chi connectivity index (χ0v) is 13.0. The van der Waals surface area contributed by atoms with E-state index in [4.69, 9.17) is 5.73 Å². The van der Waals surface area contributed by atoms with Gasteiger partial charge >= 0.3 is 6.03 Å². The molecular formula is C15H26N4O2. The maximum absolute atomic E-state index is 12.6. The zero-order chi connectivity index (χ0) is 15.1. The number of hydrogen-bond donors (Lipinski definition) is 1. The summed E-state index contributed by atoms with van der Waals surface area (Å²) in [6.45, 7) is 7.15. The van der Waals surface area contributed by atoms with Gasteiger partial charge in [0.05, 0.1) is 6.04 Å². The fourth-order valence-electron chi connectivity index (χ4n) is 4.20. The third kappa shape index (κ3) is 2.39. The molecule has 0 aromatic rings. The normalized spacial score (nSPS) is 31.3. The second-order valence-electron chi connectivity index (χ2n) is 6.80. The minimum absolute atomic E-state index is 0.0122. The molecular weight excluding hydrogens is 268 g/mol. The van der Waals surface area contributed by atoms with Crippen LogP contribution in [0.4, 0.5) is 4.79 Å². The number of amides is 3. The topological polar surface area (TPSA) is 69.9 Å². The number of carbonyl (C=O) groups excluding carboxylic acids is 2. The van der Waals surface area contributed by atoms with Crippen LogP contribution < -0.4 is 5.73 Å². The third-order valence-electron chi connectivity index (χ3n) is 5.34. The van der Waals surface area contributed by atoms with Crippen LogP contribution in [0.15, 0.2) is 0 Å². The first-order chi connectivity index (χ1) is 10.0. The van der Waals surface area contributed by atoms with Crippen LogP contribution in [0, 0.1) is 0 Å². The predicted octanol–water partition coefficient (Wildman–Crippen LogP) is 0.613. The van der Waals surface area contributed by atoms with E-state index in [0.29, 0.717) is 6.04 Å². The lowest BCUT2D eigenvalue weighted by molar-refractivity contribution is -0.123. The van der Waals surface area contributed by atoms with Crippen LogP contribution >= 0.6 is 0 Å². The molecule has 3 rings (SSSR count). The van der Waals surface area contributed by atoms with Crippen LogP contribution in [0.25, 0.3) is 0 Å². The van der Waals surface area contributed by atoms with Crippen molar-refractivity contribution in [2.24, 2.45) is 5.73 Å². The summed E-state index contributed by atoms with van der Waals surface area (Å²) in [6, 6.07) is 0.323. The number of urea groups is 1. The smallest absolute Gasteiger partial charge is 0.321 e. The van der Waals surface area contributed by atoms with E-state index in [2.05, 4.69) is 18.7 Å². The van der Waals surface area contributed by atoms with Gasteiger partial charge in [-0.1, -0.05) is 0 Å². The van der Waals surface area contributed by atoms with E-state index in [1.54, 1.807) is 0 Å². The molecule has 1 unspecified atom stereocenters. The molecule has 0 aromatic carbocycles. The van der Waals surface area contributed by atoms with E-state index in [9.17, 15) is 9.59 Å². The molecule has 2 atom stereocenters. The lowest BCUT2D eigenvalue weighted by atomic mass is 9.98. The molecule has 3 aliphatic heterocycles. The fraction of sp³-hybridized carbons (Fsp3) is 0.867. The second kappa shape index (κ2) is 5.48. The zero-order valence-electron chi connectivity index (χ0n) is 13.0. The Labute approximate surface area is 126 Å². The highest BCUT2D eigenvalue weighted by Gasteiger charge is 2.52. The maximum atomic E-state index is 12.6. The monoisotopic (exact) mass is 294 g/mol. The molecule has 0 spiro atoms. The Kier molecular flexibility index (Phi) is 3.82. The van der Waals surface area contributed by atoms with Crippen molar-refractivity contribution in [3.8, 4) is 0 Å². The number of carbonyl (C=O) groups is 2. The molecule has 0 bridgehead atoms. The number of piperidine rings is 1. The average molecular weight is 294 g/mol. The Hall–Kier alpha value is -1.30. The first-order valence-corrected chi connectivity index (χ1v) is 8.13. The first-order valence-electron chi connectivity index (χ1n) is 8.13. The van der Waals surface area contributed by atoms with Crippen LogP contribution in [-0.2, 0) is 4.79 Å². The standard InChI is InChI=1S/C15H26N4O2/c1-10(2)17-8-5-11(6-9-17)19-13(14(16)20)12-4-3-7-18(12)15(19)21/h10-13H,3-9H2,1-2H3,(H2,16,20)/t12-,13?/m1/s1. The first kappa shape index (κ1) is 14.6. The quantitative estimate of drug-likeness (QED) is 0.829. The van der Waals surface area contributed by atoms with Crippen molar-refractivity contribution in [1.29, 1.82) is 0 Å². The number of nitrogens with zero attached hydrogens (tertiary/aromatic N) is 3. The number of primary amides is 1. The van der Waals surface area contributed by atoms with Crippen molar-refractivity contribution in [3.63, 3.8) is 0 Å². The lowest BCUT2D eigenvalue weighted by Crippen LogP contribution is -2.54. The van der Waals surface area contributed by atoms with Crippen molar-refractivity contribution in [2.45, 2.75) is 63.7 Å². The Morgan fingerprint density at radius 2 is 1.86 bits per heavy atom. The predicted molar refractivity (Wildman–Crippen MR) is 79.7 cm³/mol. The lowest BCUT2D eigenvalue weighted by Gasteiger charge is -2.40. The third-order valence-corrected chi connectivity index (χ3v) is 5.34. The van der Waals surface area contributed by atoms with Crippen LogP contribution in [0.5, 0.6) is 0 Å². The maximum Gasteiger partial charge on any atom is 0.321 e. The van der Waals surface area contributed by atoms with E-state index in [1.165, 1.54) is 0 Å². The Bertz CT molecular complexity index is 431. The van der Waals surface area contributed by atoms with Gasteiger partial charge in [-0.05, 0) is 39.5 Å². The summed E-state index contributed by atoms with van der Waals surface area (Å²) >= 11 is 0. The highest BCUT2D eigenvalue weighted by Crippen LogP contribution is 2.35. The second-order valence-corrected chi connectivity index (χ2v) is 6.80. The molecule has 21 heavy (non-hydrogen) atoms. The van der Waals surface area contributed by atoms with Gasteiger partial charge < -0.3 is 20.4 Å². The molecule has 6 heteroatoms. The van der Waals surface area contributed by atoms with Crippen LogP contribution in [0.2, 0.25) is 0 Å². The van der Waals surface area contributed by atoms with Crippen LogP contribution in [0.1, 0.15) is 39.5 Å². The minimum atomic E-state index is -0.421. The van der Waals surface area contributed by atoms with Gasteiger partial charge in [0.25, 0.3) is 0 Å². The van der Waals surface area contributed by atoms with Crippen LogP contribution in [-0.4, -0.2) is 70.4 Å². The van der Waals surface area contributed by atoms with E-state index in [-0.39, 0.29) is 24.0 Å². The van der Waals surface area contributed by atoms with Crippen molar-refractivity contribution >= 4 is 11.9 Å². The van der Waals surface area contributed by atoms with Crippen molar-refractivity contribution in [2.75, 3.05) is 19.6 Å². The van der Waals surface area contributed by atoms with Gasteiger partial charge in [0.2, 0.25) is 5.91 Å². The molecule has 6 nitrogen and oxygen atoms in total. The summed E-state index contributed by atoms with van der Waals surface area (Å²) < 4.78 is 0. The molecule has 3 aliphatic rings. The Morgan fingerprint density at radius 3 is 2.43 bits per heavy atom. The van der Waals surface area contributed by atoms with Gasteiger partial charge in [-0.3, -0.25) is 4.79 Å². The van der Waals surface area contributed by atoms with Gasteiger partial charge in [-0.2, -0.15) is 0 Å². The molecule has 0 saturated carbocycles. The summed E-state index contributed by atoms with van der Waals surface area (Å²) in [4.78, 5) is 30.7. The molecule has 2 N–H and O–H groups in total. The summed E-state index contributed by atoms with van der Waals surface area (Å²) in [5.41, 5.74) is 5.62. The fourth-order valence-corrected chi connectivity index (χ4v) is 4.20. The largest absolute Gasteiger partial charge is 0.368 e. The molecule has 0 aliphatic carbocycles. The van der Waals surface area contributed by atoms with Gasteiger partial charge in [0, 0.05) is 31.7 Å². The van der Waals surface area contributed by atoms with Gasteiger partial charge in [-0.25, -0.2) is 4.79 Å². The molecule has 0 radical (unpaired) electrons. The average Bonchev–Trinajstić information content (AvgIpc) is 3.01. The highest BCUT2D eigenvalue weighted by atomic mass is 16.2. The highest BCUT2D eigenvalue weighted by molar-refractivity contribution is 5.91. The molecule has 118 valence electrons. The summed E-state index contributed by atoms with van der Waals surface area (Å²) in [6.07, 6.45) is 3.77. The molecule has 0 aromatic heterocycles. The van der Waals surface area contributed by atoms with Crippen molar-refractivity contribution in [1.82, 2.24) is 14.7 Å². The number of likely N-dealkylation sites (tertiary alicyclic amines) is 1. The van der Waals surface area contributed by atoms with Crippen LogP contribution in [0.3, 0.4) is 0 Å². The number of nitrogens with two attached hydrogens (primary N) is 1. The van der Waals surface area contributed by atoms with Gasteiger partial charge in [0.1, 0.15) is 6.04 Å². The molecule has 3 amide bonds. The number of hydrogen-bond acceptors (Lipinski definition) is 3.